The predicted octanol–water partition coefficient (Wildman–Crippen LogP) is 8.30. The molecule has 4 aromatic rings. The molecule has 4 heteroatoms. The minimum absolute atomic E-state index is 0.167. The molecule has 0 saturated heterocycles. The molecule has 2 aromatic carbocycles. The normalized spacial score (nSPS) is 10.2. The lowest BCUT2D eigenvalue weighted by Gasteiger charge is -2.09. The Balaban J connectivity index is 0.000000221. The van der Waals surface area contributed by atoms with Crippen molar-refractivity contribution >= 4 is 5.84 Å². The predicted molar refractivity (Wildman–Crippen MR) is 155 cm³/mol. The van der Waals surface area contributed by atoms with Gasteiger partial charge in [-0.25, -0.2) is 0 Å². The molecule has 36 heavy (non-hydrogen) atoms. The second kappa shape index (κ2) is 13.9. The lowest BCUT2D eigenvalue weighted by atomic mass is 10.0. The molecule has 4 nitrogen and oxygen atoms in total. The van der Waals surface area contributed by atoms with Crippen LogP contribution in [0.5, 0.6) is 0 Å². The van der Waals surface area contributed by atoms with Crippen molar-refractivity contribution in [2.24, 2.45) is 5.73 Å². The topological polar surface area (TPSA) is 75.7 Å². The molecular formula is C32H40N4. The molecule has 0 amide bonds. The minimum Gasteiger partial charge on any atom is -0.388 e. The van der Waals surface area contributed by atoms with E-state index < -0.39 is 0 Å². The maximum Gasteiger partial charge on any atom is 0.0873 e. The van der Waals surface area contributed by atoms with Crippen LogP contribution in [0.15, 0.2) is 85.2 Å². The molecule has 0 atom stereocenters. The Labute approximate surface area is 217 Å². The van der Waals surface area contributed by atoms with Gasteiger partial charge >= 0.3 is 0 Å². The van der Waals surface area contributed by atoms with Gasteiger partial charge in [-0.05, 0) is 54.9 Å². The molecule has 0 aliphatic carbocycles. The lowest BCUT2D eigenvalue weighted by molar-refractivity contribution is 0.856. The average Bonchev–Trinajstić information content (AvgIpc) is 2.85. The molecule has 0 bridgehead atoms. The number of pyridine rings is 2. The second-order valence-electron chi connectivity index (χ2n) is 9.59. The maximum absolute atomic E-state index is 6.28. The fourth-order valence-electron chi connectivity index (χ4n) is 3.62. The quantitative estimate of drug-likeness (QED) is 0.228. The molecule has 2 heterocycles. The summed E-state index contributed by atoms with van der Waals surface area (Å²) < 4.78 is 0. The third-order valence-corrected chi connectivity index (χ3v) is 5.63. The molecule has 0 spiro atoms. The summed E-state index contributed by atoms with van der Waals surface area (Å²) in [5, 5.41) is 6.28. The van der Waals surface area contributed by atoms with Crippen LogP contribution in [0.1, 0.15) is 68.7 Å². The van der Waals surface area contributed by atoms with Crippen LogP contribution in [0, 0.1) is 19.3 Å². The van der Waals surface area contributed by atoms with Crippen LogP contribution in [0.25, 0.3) is 22.5 Å². The summed E-state index contributed by atoms with van der Waals surface area (Å²) in [6, 6.07) is 25.1. The molecule has 0 aliphatic heterocycles. The van der Waals surface area contributed by atoms with E-state index in [4.69, 9.17) is 11.1 Å². The molecule has 0 unspecified atom stereocenters. The van der Waals surface area contributed by atoms with E-state index in [2.05, 4.69) is 87.9 Å². The van der Waals surface area contributed by atoms with E-state index in [1.165, 1.54) is 40.3 Å². The van der Waals surface area contributed by atoms with Crippen LogP contribution in [-0.2, 0) is 0 Å². The molecule has 0 saturated carbocycles. The zero-order valence-corrected chi connectivity index (χ0v) is 22.7. The van der Waals surface area contributed by atoms with Gasteiger partial charge in [-0.2, -0.15) is 0 Å². The number of amidine groups is 1. The number of nitrogens with one attached hydrogen (secondary N) is 1. The van der Waals surface area contributed by atoms with Crippen LogP contribution < -0.4 is 5.73 Å². The monoisotopic (exact) mass is 480 g/mol. The van der Waals surface area contributed by atoms with E-state index in [1.54, 1.807) is 0 Å². The van der Waals surface area contributed by atoms with Crippen molar-refractivity contribution in [3.8, 4) is 22.5 Å². The first-order valence-electron chi connectivity index (χ1n) is 12.4. The van der Waals surface area contributed by atoms with Crippen molar-refractivity contribution < 1.29 is 0 Å². The van der Waals surface area contributed by atoms with Gasteiger partial charge in [0, 0.05) is 23.5 Å². The first kappa shape index (κ1) is 28.4. The third-order valence-electron chi connectivity index (χ3n) is 5.63. The number of aryl methyl sites for hydroxylation is 2. The van der Waals surface area contributed by atoms with E-state index >= 15 is 0 Å². The fourth-order valence-corrected chi connectivity index (χ4v) is 3.62. The van der Waals surface area contributed by atoms with Gasteiger partial charge < -0.3 is 5.73 Å². The molecule has 2 aromatic heterocycles. The number of aromatic nitrogens is 2. The van der Waals surface area contributed by atoms with Gasteiger partial charge in [0.15, 0.2) is 0 Å². The number of hydrogen-bond donors (Lipinski definition) is 2. The largest absolute Gasteiger partial charge is 0.388 e. The van der Waals surface area contributed by atoms with Gasteiger partial charge in [-0.3, -0.25) is 15.4 Å². The van der Waals surface area contributed by atoms with Crippen LogP contribution >= 0.6 is 0 Å². The third kappa shape index (κ3) is 8.77. The molecule has 3 N–H and O–H groups in total. The number of nitrogens with two attached hydrogens (primary N) is 1. The highest BCUT2D eigenvalue weighted by Crippen LogP contribution is 2.25. The van der Waals surface area contributed by atoms with Crippen LogP contribution in [0.4, 0.5) is 0 Å². The highest BCUT2D eigenvalue weighted by molar-refractivity contribution is 5.73. The van der Waals surface area contributed by atoms with E-state index in [0.717, 1.165) is 11.4 Å². The Morgan fingerprint density at radius 1 is 0.667 bits per heavy atom. The van der Waals surface area contributed by atoms with Crippen molar-refractivity contribution in [3.63, 3.8) is 0 Å². The van der Waals surface area contributed by atoms with Gasteiger partial charge in [0.2, 0.25) is 0 Å². The van der Waals surface area contributed by atoms with Gasteiger partial charge in [-0.15, -0.1) is 0 Å². The zero-order chi connectivity index (χ0) is 26.7. The van der Waals surface area contributed by atoms with Gasteiger partial charge in [0.25, 0.3) is 0 Å². The van der Waals surface area contributed by atoms with Crippen molar-refractivity contribution in [1.82, 2.24) is 9.97 Å². The van der Waals surface area contributed by atoms with Crippen molar-refractivity contribution in [1.29, 1.82) is 5.41 Å². The van der Waals surface area contributed by atoms with E-state index in [9.17, 15) is 0 Å². The second-order valence-corrected chi connectivity index (χ2v) is 9.59. The number of benzene rings is 2. The summed E-state index contributed by atoms with van der Waals surface area (Å²) in [5.74, 6) is 1.24. The van der Waals surface area contributed by atoms with Gasteiger partial charge in [0.1, 0.15) is 0 Å². The number of hydrogen-bond acceptors (Lipinski definition) is 3. The molecule has 0 fully saturated rings. The van der Waals surface area contributed by atoms with Crippen molar-refractivity contribution in [2.75, 3.05) is 0 Å². The standard InChI is InChI=1S/2C15H17N.C2H6N2/c2*1-11(2)14-9-12(3)15(16-10-14)13-7-5-4-6-8-13;1-2(3)4/h2*4-11H,1-3H3;1H3,(H3,3,4). The first-order valence-corrected chi connectivity index (χ1v) is 12.4. The summed E-state index contributed by atoms with van der Waals surface area (Å²) in [7, 11) is 0. The Kier molecular flexibility index (Phi) is 11.0. The summed E-state index contributed by atoms with van der Waals surface area (Å²) in [4.78, 5) is 9.14. The maximum atomic E-state index is 6.28. The molecule has 188 valence electrons. The molecule has 0 aliphatic rings. The number of rotatable bonds is 4. The Morgan fingerprint density at radius 3 is 1.22 bits per heavy atom. The summed E-state index contributed by atoms with van der Waals surface area (Å²) in [6.45, 7) is 14.6. The zero-order valence-electron chi connectivity index (χ0n) is 22.7. The van der Waals surface area contributed by atoms with Crippen molar-refractivity contribution in [2.45, 2.75) is 60.3 Å². The van der Waals surface area contributed by atoms with E-state index in [1.807, 2.05) is 48.8 Å². The Morgan fingerprint density at radius 2 is 0.972 bits per heavy atom. The Bertz CT molecular complexity index is 1130. The summed E-state index contributed by atoms with van der Waals surface area (Å²) in [5.41, 5.74) is 14.4. The lowest BCUT2D eigenvalue weighted by Crippen LogP contribution is -2.00. The van der Waals surface area contributed by atoms with Crippen LogP contribution in [-0.4, -0.2) is 15.8 Å². The van der Waals surface area contributed by atoms with Gasteiger partial charge in [-0.1, -0.05) is 100 Å². The summed E-state index contributed by atoms with van der Waals surface area (Å²) in [6.07, 6.45) is 3.97. The summed E-state index contributed by atoms with van der Waals surface area (Å²) >= 11 is 0. The minimum atomic E-state index is 0.167. The molecular weight excluding hydrogens is 440 g/mol. The van der Waals surface area contributed by atoms with Gasteiger partial charge in [0.05, 0.1) is 17.2 Å². The Hall–Kier alpha value is -3.79. The highest BCUT2D eigenvalue weighted by atomic mass is 14.7. The SMILES string of the molecule is CC(=N)N.Cc1cc(C(C)C)cnc1-c1ccccc1.Cc1cc(C(C)C)cnc1-c1ccccc1. The smallest absolute Gasteiger partial charge is 0.0873 e. The number of nitrogens with zero attached hydrogens (tertiary/aromatic N) is 2. The molecule has 0 radical (unpaired) electrons. The fraction of sp³-hybridized carbons (Fsp3) is 0.281. The average molecular weight is 481 g/mol. The van der Waals surface area contributed by atoms with E-state index in [0.29, 0.717) is 11.8 Å². The molecule has 4 rings (SSSR count). The van der Waals surface area contributed by atoms with Crippen LogP contribution in [0.2, 0.25) is 0 Å². The van der Waals surface area contributed by atoms with E-state index in [-0.39, 0.29) is 5.84 Å². The van der Waals surface area contributed by atoms with Crippen molar-refractivity contribution in [3.05, 3.63) is 107 Å². The first-order chi connectivity index (χ1) is 17.1. The highest BCUT2D eigenvalue weighted by Gasteiger charge is 2.07. The van der Waals surface area contributed by atoms with Crippen LogP contribution in [0.3, 0.4) is 0 Å².